The third kappa shape index (κ3) is 4.45. The summed E-state index contributed by atoms with van der Waals surface area (Å²) in [5.74, 6) is 0.715. The normalized spacial score (nSPS) is 14.0. The summed E-state index contributed by atoms with van der Waals surface area (Å²) in [6.45, 7) is 2.73. The molecule has 3 aromatic rings. The molecule has 3 heterocycles. The van der Waals surface area contributed by atoms with E-state index < -0.39 is 0 Å². The first-order valence-electron chi connectivity index (χ1n) is 9.33. The largest absolute Gasteiger partial charge is 0.364 e. The summed E-state index contributed by atoms with van der Waals surface area (Å²) in [4.78, 5) is 25.0. The van der Waals surface area contributed by atoms with Gasteiger partial charge in [-0.25, -0.2) is 14.4 Å². The maximum Gasteiger partial charge on any atom is 0.274 e. The highest BCUT2D eigenvalue weighted by atomic mass is 19.1. The van der Waals surface area contributed by atoms with E-state index in [0.717, 1.165) is 0 Å². The number of rotatable bonds is 5. The van der Waals surface area contributed by atoms with Crippen LogP contribution in [0.25, 0.3) is 0 Å². The quantitative estimate of drug-likeness (QED) is 0.709. The Hall–Kier alpha value is -3.62. The lowest BCUT2D eigenvalue weighted by atomic mass is 10.2. The fourth-order valence-corrected chi connectivity index (χ4v) is 3.09. The van der Waals surface area contributed by atoms with Crippen LogP contribution in [0.2, 0.25) is 0 Å². The molecule has 1 aromatic carbocycles. The van der Waals surface area contributed by atoms with Crippen LogP contribution in [-0.2, 0) is 6.54 Å². The lowest BCUT2D eigenvalue weighted by Gasteiger charge is -2.34. The molecule has 0 spiro atoms. The lowest BCUT2D eigenvalue weighted by Crippen LogP contribution is -2.49. The van der Waals surface area contributed by atoms with E-state index >= 15 is 0 Å². The van der Waals surface area contributed by atoms with Crippen molar-refractivity contribution < 1.29 is 9.18 Å². The first kappa shape index (κ1) is 18.7. The summed E-state index contributed by atoms with van der Waals surface area (Å²) in [5, 5.41) is 11.1. The Morgan fingerprint density at radius 2 is 1.72 bits per heavy atom. The van der Waals surface area contributed by atoms with Gasteiger partial charge in [0.1, 0.15) is 11.6 Å². The number of hydrogen-bond donors (Lipinski definition) is 1. The van der Waals surface area contributed by atoms with Crippen molar-refractivity contribution in [2.24, 2.45) is 0 Å². The number of piperazine rings is 1. The van der Waals surface area contributed by atoms with Crippen LogP contribution >= 0.6 is 0 Å². The molecule has 0 atom stereocenters. The van der Waals surface area contributed by atoms with Crippen molar-refractivity contribution in [1.82, 2.24) is 25.1 Å². The van der Waals surface area contributed by atoms with E-state index in [4.69, 9.17) is 0 Å². The second-order valence-corrected chi connectivity index (χ2v) is 6.58. The molecule has 29 heavy (non-hydrogen) atoms. The molecule has 1 aliphatic heterocycles. The average molecular weight is 393 g/mol. The third-order valence-corrected chi connectivity index (χ3v) is 4.70. The highest BCUT2D eigenvalue weighted by molar-refractivity contribution is 5.92. The summed E-state index contributed by atoms with van der Waals surface area (Å²) >= 11 is 0. The third-order valence-electron chi connectivity index (χ3n) is 4.70. The van der Waals surface area contributed by atoms with E-state index in [1.807, 2.05) is 4.90 Å². The number of carbonyl (C=O) groups is 1. The molecule has 1 N–H and O–H groups in total. The molecule has 1 saturated heterocycles. The number of aromatic nitrogens is 4. The van der Waals surface area contributed by atoms with Gasteiger partial charge in [-0.2, -0.15) is 0 Å². The van der Waals surface area contributed by atoms with Crippen molar-refractivity contribution in [3.05, 3.63) is 71.9 Å². The summed E-state index contributed by atoms with van der Waals surface area (Å²) in [5.41, 5.74) is 0.820. The van der Waals surface area contributed by atoms with Gasteiger partial charge in [0.25, 0.3) is 5.91 Å². The Balaban J connectivity index is 1.32. The van der Waals surface area contributed by atoms with Crippen LogP contribution in [0.4, 0.5) is 16.2 Å². The zero-order chi connectivity index (χ0) is 20.1. The minimum atomic E-state index is -0.278. The fraction of sp³-hybridized carbons (Fsp3) is 0.250. The van der Waals surface area contributed by atoms with Gasteiger partial charge in [0.05, 0.1) is 0 Å². The molecule has 1 aliphatic rings. The SMILES string of the molecule is O=C(c1ccc(NCc2ccccc2F)nn1)N1CCN(c2ncccn2)CC1. The minimum absolute atomic E-state index is 0.160. The van der Waals surface area contributed by atoms with Gasteiger partial charge in [-0.15, -0.1) is 10.2 Å². The Morgan fingerprint density at radius 1 is 0.966 bits per heavy atom. The van der Waals surface area contributed by atoms with Gasteiger partial charge < -0.3 is 15.1 Å². The molecule has 0 radical (unpaired) electrons. The lowest BCUT2D eigenvalue weighted by molar-refractivity contribution is 0.0739. The number of amides is 1. The molecule has 1 amide bonds. The van der Waals surface area contributed by atoms with Gasteiger partial charge in [0.15, 0.2) is 5.69 Å². The summed E-state index contributed by atoms with van der Waals surface area (Å²) < 4.78 is 13.7. The molecule has 0 saturated carbocycles. The minimum Gasteiger partial charge on any atom is -0.364 e. The van der Waals surface area contributed by atoms with Gasteiger partial charge in [0, 0.05) is 50.7 Å². The van der Waals surface area contributed by atoms with Crippen LogP contribution in [0.1, 0.15) is 16.1 Å². The maximum absolute atomic E-state index is 13.7. The molecule has 0 unspecified atom stereocenters. The maximum atomic E-state index is 13.7. The second-order valence-electron chi connectivity index (χ2n) is 6.58. The summed E-state index contributed by atoms with van der Waals surface area (Å²) in [6, 6.07) is 11.6. The number of nitrogens with zero attached hydrogens (tertiary/aromatic N) is 6. The first-order valence-corrected chi connectivity index (χ1v) is 9.33. The highest BCUT2D eigenvalue weighted by Crippen LogP contribution is 2.13. The van der Waals surface area contributed by atoms with Crippen LogP contribution in [0.3, 0.4) is 0 Å². The van der Waals surface area contributed by atoms with Crippen LogP contribution in [0, 0.1) is 5.82 Å². The van der Waals surface area contributed by atoms with Crippen molar-refractivity contribution in [3.8, 4) is 0 Å². The molecule has 0 bridgehead atoms. The number of anilines is 2. The zero-order valence-electron chi connectivity index (χ0n) is 15.7. The molecule has 9 heteroatoms. The average Bonchev–Trinajstić information content (AvgIpc) is 2.79. The van der Waals surface area contributed by atoms with Gasteiger partial charge in [-0.05, 0) is 24.3 Å². The second kappa shape index (κ2) is 8.59. The van der Waals surface area contributed by atoms with Gasteiger partial charge in [-0.1, -0.05) is 18.2 Å². The molecular formula is C20H20FN7O. The van der Waals surface area contributed by atoms with Crippen LogP contribution < -0.4 is 10.2 Å². The molecular weight excluding hydrogens is 373 g/mol. The zero-order valence-corrected chi connectivity index (χ0v) is 15.7. The number of benzene rings is 1. The van der Waals surface area contributed by atoms with Crippen molar-refractivity contribution in [2.75, 3.05) is 36.4 Å². The smallest absolute Gasteiger partial charge is 0.274 e. The van der Waals surface area contributed by atoms with E-state index in [0.29, 0.717) is 43.5 Å². The molecule has 148 valence electrons. The Labute approximate surface area is 167 Å². The van der Waals surface area contributed by atoms with Crippen LogP contribution in [0.15, 0.2) is 54.9 Å². The predicted molar refractivity (Wildman–Crippen MR) is 106 cm³/mol. The standard InChI is InChI=1S/C20H20FN7O/c21-16-5-2-1-4-15(16)14-24-18-7-6-17(25-26-18)19(29)27-10-12-28(13-11-27)20-22-8-3-9-23-20/h1-9H,10-14H2,(H,24,26). The van der Waals surface area contributed by atoms with Crippen molar-refractivity contribution in [3.63, 3.8) is 0 Å². The molecule has 8 nitrogen and oxygen atoms in total. The number of nitrogens with one attached hydrogen (secondary N) is 1. The predicted octanol–water partition coefficient (Wildman–Crippen LogP) is 1.98. The van der Waals surface area contributed by atoms with E-state index in [1.165, 1.54) is 6.07 Å². The molecule has 0 aliphatic carbocycles. The van der Waals surface area contributed by atoms with Crippen molar-refractivity contribution in [1.29, 1.82) is 0 Å². The van der Waals surface area contributed by atoms with Crippen molar-refractivity contribution >= 4 is 17.7 Å². The fourth-order valence-electron chi connectivity index (χ4n) is 3.09. The van der Waals surface area contributed by atoms with E-state index in [1.54, 1.807) is 53.7 Å². The Bertz CT molecular complexity index is 960. The number of hydrogen-bond acceptors (Lipinski definition) is 7. The van der Waals surface area contributed by atoms with E-state index in [-0.39, 0.29) is 24.0 Å². The van der Waals surface area contributed by atoms with Gasteiger partial charge >= 0.3 is 0 Å². The highest BCUT2D eigenvalue weighted by Gasteiger charge is 2.24. The number of carbonyl (C=O) groups excluding carboxylic acids is 1. The van der Waals surface area contributed by atoms with E-state index in [9.17, 15) is 9.18 Å². The van der Waals surface area contributed by atoms with E-state index in [2.05, 4.69) is 25.5 Å². The Morgan fingerprint density at radius 3 is 2.41 bits per heavy atom. The topological polar surface area (TPSA) is 87.1 Å². The Kier molecular flexibility index (Phi) is 5.55. The molecule has 4 rings (SSSR count). The molecule has 2 aromatic heterocycles. The molecule has 1 fully saturated rings. The monoisotopic (exact) mass is 393 g/mol. The number of halogens is 1. The first-order chi connectivity index (χ1) is 14.2. The van der Waals surface area contributed by atoms with Crippen molar-refractivity contribution in [2.45, 2.75) is 6.54 Å². The summed E-state index contributed by atoms with van der Waals surface area (Å²) in [6.07, 6.45) is 3.41. The van der Waals surface area contributed by atoms with Crippen LogP contribution in [-0.4, -0.2) is 57.2 Å². The van der Waals surface area contributed by atoms with Gasteiger partial charge in [0.2, 0.25) is 5.95 Å². The van der Waals surface area contributed by atoms with Gasteiger partial charge in [-0.3, -0.25) is 4.79 Å². The van der Waals surface area contributed by atoms with Crippen LogP contribution in [0.5, 0.6) is 0 Å². The summed E-state index contributed by atoms with van der Waals surface area (Å²) in [7, 11) is 0.